The van der Waals surface area contributed by atoms with Gasteiger partial charge < -0.3 is 10.5 Å². The van der Waals surface area contributed by atoms with Crippen LogP contribution in [0.2, 0.25) is 0 Å². The molecule has 0 heterocycles. The Morgan fingerprint density at radius 2 is 1.89 bits per heavy atom. The summed E-state index contributed by atoms with van der Waals surface area (Å²) in [6.07, 6.45) is 0. The van der Waals surface area contributed by atoms with Crippen molar-refractivity contribution in [2.75, 3.05) is 0 Å². The van der Waals surface area contributed by atoms with E-state index in [1.807, 2.05) is 0 Å². The molecule has 0 aliphatic rings. The number of benzene rings is 2. The molecule has 0 fully saturated rings. The molecule has 0 saturated heterocycles. The highest BCUT2D eigenvalue weighted by atomic mass is 79.9. The predicted molar refractivity (Wildman–Crippen MR) is 76.8 cm³/mol. The van der Waals surface area contributed by atoms with Crippen molar-refractivity contribution in [2.45, 2.75) is 0 Å². The van der Waals surface area contributed by atoms with Crippen LogP contribution in [0, 0.1) is 5.82 Å². The van der Waals surface area contributed by atoms with E-state index in [1.165, 1.54) is 18.2 Å². The zero-order chi connectivity index (χ0) is 14.0. The minimum Gasteiger partial charge on any atom is -0.454 e. The number of nitrogens with two attached hydrogens (primary N) is 1. The molecule has 0 spiro atoms. The second-order valence-electron chi connectivity index (χ2n) is 3.68. The first-order valence-electron chi connectivity index (χ1n) is 5.19. The van der Waals surface area contributed by atoms with Gasteiger partial charge in [-0.2, -0.15) is 0 Å². The number of carbonyl (C=O) groups is 1. The summed E-state index contributed by atoms with van der Waals surface area (Å²) in [6.45, 7) is 0. The number of halogens is 3. The van der Waals surface area contributed by atoms with E-state index in [-0.39, 0.29) is 5.75 Å². The third-order valence-electron chi connectivity index (χ3n) is 2.33. The van der Waals surface area contributed by atoms with Crippen LogP contribution in [0.4, 0.5) is 4.39 Å². The standard InChI is InChI=1S/C13H8Br2FNO2/c14-7-1-4-11(16)12(5-7)19-8-2-3-9(13(17)18)10(15)6-8/h1-6H,(H2,17,18). The summed E-state index contributed by atoms with van der Waals surface area (Å²) < 4.78 is 20.1. The Morgan fingerprint density at radius 1 is 1.16 bits per heavy atom. The molecule has 6 heteroatoms. The van der Waals surface area contributed by atoms with Crippen LogP contribution in [-0.4, -0.2) is 5.91 Å². The van der Waals surface area contributed by atoms with Gasteiger partial charge in [0, 0.05) is 8.95 Å². The van der Waals surface area contributed by atoms with Gasteiger partial charge in [0.15, 0.2) is 11.6 Å². The quantitative estimate of drug-likeness (QED) is 0.854. The molecule has 0 aromatic heterocycles. The molecule has 0 bridgehead atoms. The van der Waals surface area contributed by atoms with Crippen molar-refractivity contribution in [3.05, 3.63) is 56.7 Å². The first-order chi connectivity index (χ1) is 8.97. The SMILES string of the molecule is NC(=O)c1ccc(Oc2cc(Br)ccc2F)cc1Br. The normalized spacial score (nSPS) is 10.3. The van der Waals surface area contributed by atoms with Gasteiger partial charge >= 0.3 is 0 Å². The van der Waals surface area contributed by atoms with Crippen LogP contribution in [0.25, 0.3) is 0 Å². The van der Waals surface area contributed by atoms with Crippen molar-refractivity contribution in [1.82, 2.24) is 0 Å². The Bertz CT molecular complexity index is 647. The predicted octanol–water partition coefficient (Wildman–Crippen LogP) is 4.24. The lowest BCUT2D eigenvalue weighted by Gasteiger charge is -2.08. The molecule has 0 radical (unpaired) electrons. The Balaban J connectivity index is 2.31. The maximum absolute atomic E-state index is 13.5. The fourth-order valence-corrected chi connectivity index (χ4v) is 2.33. The van der Waals surface area contributed by atoms with Crippen LogP contribution >= 0.6 is 31.9 Å². The molecule has 0 unspecified atom stereocenters. The first kappa shape index (κ1) is 14.0. The van der Waals surface area contributed by atoms with E-state index in [0.717, 1.165) is 0 Å². The smallest absolute Gasteiger partial charge is 0.249 e. The van der Waals surface area contributed by atoms with E-state index >= 15 is 0 Å². The third-order valence-corrected chi connectivity index (χ3v) is 3.48. The molecule has 2 aromatic carbocycles. The van der Waals surface area contributed by atoms with Crippen LogP contribution in [-0.2, 0) is 0 Å². The van der Waals surface area contributed by atoms with Gasteiger partial charge in [-0.05, 0) is 52.3 Å². The molecule has 19 heavy (non-hydrogen) atoms. The van der Waals surface area contributed by atoms with Gasteiger partial charge in [-0.3, -0.25) is 4.79 Å². The summed E-state index contributed by atoms with van der Waals surface area (Å²) >= 11 is 6.45. The number of hydrogen-bond acceptors (Lipinski definition) is 2. The van der Waals surface area contributed by atoms with Gasteiger partial charge in [0.25, 0.3) is 0 Å². The molecule has 2 N–H and O–H groups in total. The second kappa shape index (κ2) is 5.71. The van der Waals surface area contributed by atoms with Crippen molar-refractivity contribution < 1.29 is 13.9 Å². The Labute approximate surface area is 125 Å². The average Bonchev–Trinajstić information content (AvgIpc) is 2.33. The highest BCUT2D eigenvalue weighted by molar-refractivity contribution is 9.10. The van der Waals surface area contributed by atoms with E-state index in [1.54, 1.807) is 18.2 Å². The molecule has 0 aliphatic carbocycles. The molecular weight excluding hydrogens is 381 g/mol. The van der Waals surface area contributed by atoms with Crippen LogP contribution in [0.3, 0.4) is 0 Å². The fourth-order valence-electron chi connectivity index (χ4n) is 1.44. The molecule has 0 atom stereocenters. The molecule has 0 saturated carbocycles. The maximum Gasteiger partial charge on any atom is 0.249 e. The Kier molecular flexibility index (Phi) is 4.21. The van der Waals surface area contributed by atoms with Crippen LogP contribution in [0.1, 0.15) is 10.4 Å². The lowest BCUT2D eigenvalue weighted by atomic mass is 10.2. The van der Waals surface area contributed by atoms with Gasteiger partial charge in [0.1, 0.15) is 5.75 Å². The number of rotatable bonds is 3. The summed E-state index contributed by atoms with van der Waals surface area (Å²) in [6, 6.07) is 9.01. The number of hydrogen-bond donors (Lipinski definition) is 1. The highest BCUT2D eigenvalue weighted by Crippen LogP contribution is 2.30. The lowest BCUT2D eigenvalue weighted by molar-refractivity contribution is 0.0999. The first-order valence-corrected chi connectivity index (χ1v) is 6.78. The third kappa shape index (κ3) is 3.33. The molecule has 1 amide bonds. The largest absolute Gasteiger partial charge is 0.454 e. The summed E-state index contributed by atoms with van der Waals surface area (Å²) in [7, 11) is 0. The van der Waals surface area contributed by atoms with Crippen molar-refractivity contribution in [1.29, 1.82) is 0 Å². The topological polar surface area (TPSA) is 52.3 Å². The molecule has 3 nitrogen and oxygen atoms in total. The van der Waals surface area contributed by atoms with Crippen molar-refractivity contribution in [3.8, 4) is 11.5 Å². The lowest BCUT2D eigenvalue weighted by Crippen LogP contribution is -2.11. The van der Waals surface area contributed by atoms with Gasteiger partial charge in [-0.1, -0.05) is 15.9 Å². The van der Waals surface area contributed by atoms with E-state index in [9.17, 15) is 9.18 Å². The van der Waals surface area contributed by atoms with Crippen LogP contribution < -0.4 is 10.5 Å². The van der Waals surface area contributed by atoms with Crippen molar-refractivity contribution in [3.63, 3.8) is 0 Å². The van der Waals surface area contributed by atoms with E-state index in [4.69, 9.17) is 10.5 Å². The summed E-state index contributed by atoms with van der Waals surface area (Å²) in [5, 5.41) is 0. The average molecular weight is 389 g/mol. The van der Waals surface area contributed by atoms with E-state index in [2.05, 4.69) is 31.9 Å². The summed E-state index contributed by atoms with van der Waals surface area (Å²) in [5.74, 6) is -0.535. The second-order valence-corrected chi connectivity index (χ2v) is 5.45. The maximum atomic E-state index is 13.5. The Morgan fingerprint density at radius 3 is 2.53 bits per heavy atom. The molecule has 98 valence electrons. The monoisotopic (exact) mass is 387 g/mol. The van der Waals surface area contributed by atoms with Gasteiger partial charge in [0.05, 0.1) is 5.56 Å². The van der Waals surface area contributed by atoms with Crippen LogP contribution in [0.5, 0.6) is 11.5 Å². The highest BCUT2D eigenvalue weighted by Gasteiger charge is 2.10. The van der Waals surface area contributed by atoms with E-state index < -0.39 is 11.7 Å². The molecule has 2 aromatic rings. The molecule has 0 aliphatic heterocycles. The van der Waals surface area contributed by atoms with Crippen molar-refractivity contribution >= 4 is 37.8 Å². The van der Waals surface area contributed by atoms with Gasteiger partial charge in [-0.15, -0.1) is 0 Å². The zero-order valence-electron chi connectivity index (χ0n) is 9.49. The number of carbonyl (C=O) groups excluding carboxylic acids is 1. The van der Waals surface area contributed by atoms with Crippen molar-refractivity contribution in [2.24, 2.45) is 5.73 Å². The Hall–Kier alpha value is -1.40. The van der Waals surface area contributed by atoms with Gasteiger partial charge in [0.2, 0.25) is 5.91 Å². The molecule has 2 rings (SSSR count). The zero-order valence-corrected chi connectivity index (χ0v) is 12.7. The van der Waals surface area contributed by atoms with Gasteiger partial charge in [-0.25, -0.2) is 4.39 Å². The minimum absolute atomic E-state index is 0.0908. The number of ether oxygens (including phenoxy) is 1. The fraction of sp³-hybridized carbons (Fsp3) is 0. The number of primary amides is 1. The molecular formula is C13H8Br2FNO2. The number of amides is 1. The summed E-state index contributed by atoms with van der Waals surface area (Å²) in [5.41, 5.74) is 5.52. The minimum atomic E-state index is -0.549. The van der Waals surface area contributed by atoms with E-state index in [0.29, 0.717) is 20.3 Å². The van der Waals surface area contributed by atoms with Crippen LogP contribution in [0.15, 0.2) is 45.3 Å². The summed E-state index contributed by atoms with van der Waals surface area (Å²) in [4.78, 5) is 11.1.